The third-order valence-corrected chi connectivity index (χ3v) is 5.42. The molecule has 0 unspecified atom stereocenters. The molecule has 6 nitrogen and oxygen atoms in total. The molecule has 0 aromatic heterocycles. The summed E-state index contributed by atoms with van der Waals surface area (Å²) >= 11 is 2.09. The lowest BCUT2D eigenvalue weighted by Crippen LogP contribution is -2.20. The van der Waals surface area contributed by atoms with Crippen molar-refractivity contribution in [2.75, 3.05) is 0 Å². The Morgan fingerprint density at radius 3 is 2.41 bits per heavy atom. The Labute approximate surface area is 206 Å². The van der Waals surface area contributed by atoms with Crippen LogP contribution in [-0.2, 0) is 24.0 Å². The second-order valence-electron chi connectivity index (χ2n) is 7.15. The zero-order chi connectivity index (χ0) is 24.7. The van der Waals surface area contributed by atoms with Gasteiger partial charge in [0.15, 0.2) is 0 Å². The van der Waals surface area contributed by atoms with E-state index in [1.54, 1.807) is 30.3 Å². The van der Waals surface area contributed by atoms with E-state index in [4.69, 9.17) is 9.84 Å². The SMILES string of the molecule is O=C(Cc1cccc(C(F)(F)F)c1)N/N=C/c1ccc(OCc2ccc(C(=O)O)cc2)c(I)c1. The van der Waals surface area contributed by atoms with E-state index < -0.39 is 23.6 Å². The molecule has 3 aromatic rings. The largest absolute Gasteiger partial charge is 0.488 e. The molecule has 3 rings (SSSR count). The van der Waals surface area contributed by atoms with Gasteiger partial charge in [0.25, 0.3) is 0 Å². The number of hydrazone groups is 1. The molecule has 0 spiro atoms. The first-order valence-corrected chi connectivity index (χ1v) is 10.9. The Morgan fingerprint density at radius 1 is 1.03 bits per heavy atom. The van der Waals surface area contributed by atoms with E-state index in [0.717, 1.165) is 21.3 Å². The molecule has 0 radical (unpaired) electrons. The van der Waals surface area contributed by atoms with Gasteiger partial charge in [-0.3, -0.25) is 4.79 Å². The molecule has 0 saturated heterocycles. The van der Waals surface area contributed by atoms with Gasteiger partial charge in [-0.05, 0) is 75.7 Å². The maximum Gasteiger partial charge on any atom is 0.416 e. The van der Waals surface area contributed by atoms with Gasteiger partial charge in [-0.1, -0.05) is 30.3 Å². The minimum absolute atomic E-state index is 0.198. The Morgan fingerprint density at radius 2 is 1.76 bits per heavy atom. The molecule has 0 aliphatic carbocycles. The van der Waals surface area contributed by atoms with Crippen molar-refractivity contribution in [2.45, 2.75) is 19.2 Å². The Kier molecular flexibility index (Phi) is 8.26. The fourth-order valence-corrected chi connectivity index (χ4v) is 3.58. The molecular formula is C24H18F3IN2O4. The van der Waals surface area contributed by atoms with E-state index in [-0.39, 0.29) is 24.2 Å². The first kappa shape index (κ1) is 25.2. The third kappa shape index (κ3) is 7.30. The Bertz CT molecular complexity index is 1210. The number of carboxylic acid groups (broad SMARTS) is 1. The minimum Gasteiger partial charge on any atom is -0.488 e. The number of amides is 1. The van der Waals surface area contributed by atoms with E-state index in [2.05, 4.69) is 33.1 Å². The second-order valence-corrected chi connectivity index (χ2v) is 8.31. The van der Waals surface area contributed by atoms with Crippen LogP contribution in [0.2, 0.25) is 0 Å². The molecule has 3 aromatic carbocycles. The van der Waals surface area contributed by atoms with Gasteiger partial charge in [-0.2, -0.15) is 18.3 Å². The van der Waals surface area contributed by atoms with Crippen LogP contribution >= 0.6 is 22.6 Å². The highest BCUT2D eigenvalue weighted by Crippen LogP contribution is 2.29. The van der Waals surface area contributed by atoms with Crippen LogP contribution in [0.25, 0.3) is 0 Å². The van der Waals surface area contributed by atoms with Gasteiger partial charge in [0.05, 0.1) is 27.3 Å². The lowest BCUT2D eigenvalue weighted by atomic mass is 10.1. The molecule has 0 bridgehead atoms. The van der Waals surface area contributed by atoms with Crippen LogP contribution < -0.4 is 10.2 Å². The van der Waals surface area contributed by atoms with Crippen molar-refractivity contribution in [3.63, 3.8) is 0 Å². The topological polar surface area (TPSA) is 88.0 Å². The normalized spacial score (nSPS) is 11.4. The van der Waals surface area contributed by atoms with Crippen LogP contribution in [-0.4, -0.2) is 23.2 Å². The number of nitrogens with zero attached hydrogens (tertiary/aromatic N) is 1. The maximum atomic E-state index is 12.8. The van der Waals surface area contributed by atoms with E-state index in [9.17, 15) is 22.8 Å². The van der Waals surface area contributed by atoms with Gasteiger partial charge in [0.2, 0.25) is 5.91 Å². The number of ether oxygens (including phenoxy) is 1. The fraction of sp³-hybridized carbons (Fsp3) is 0.125. The minimum atomic E-state index is -4.47. The molecule has 0 saturated carbocycles. The smallest absolute Gasteiger partial charge is 0.416 e. The number of halogens is 4. The monoisotopic (exact) mass is 582 g/mol. The molecule has 2 N–H and O–H groups in total. The molecule has 34 heavy (non-hydrogen) atoms. The molecule has 0 fully saturated rings. The van der Waals surface area contributed by atoms with Gasteiger partial charge in [0.1, 0.15) is 12.4 Å². The van der Waals surface area contributed by atoms with E-state index in [1.165, 1.54) is 30.5 Å². The summed E-state index contributed by atoms with van der Waals surface area (Å²) < 4.78 is 44.9. The van der Waals surface area contributed by atoms with Gasteiger partial charge >= 0.3 is 12.1 Å². The van der Waals surface area contributed by atoms with Crippen LogP contribution in [0.5, 0.6) is 5.75 Å². The first-order chi connectivity index (χ1) is 16.1. The second kappa shape index (κ2) is 11.1. The quantitative estimate of drug-likeness (QED) is 0.215. The van der Waals surface area contributed by atoms with Crippen LogP contribution in [0, 0.1) is 3.57 Å². The van der Waals surface area contributed by atoms with Crippen molar-refractivity contribution < 1.29 is 32.6 Å². The Hall–Kier alpha value is -3.41. The summed E-state index contributed by atoms with van der Waals surface area (Å²) in [6.07, 6.45) is -3.29. The highest BCUT2D eigenvalue weighted by atomic mass is 127. The lowest BCUT2D eigenvalue weighted by molar-refractivity contribution is -0.137. The average Bonchev–Trinajstić information content (AvgIpc) is 2.78. The van der Waals surface area contributed by atoms with Crippen LogP contribution in [0.15, 0.2) is 71.8 Å². The number of hydrogen-bond donors (Lipinski definition) is 2. The Balaban J connectivity index is 1.53. The van der Waals surface area contributed by atoms with Crippen molar-refractivity contribution in [2.24, 2.45) is 5.10 Å². The number of alkyl halides is 3. The molecule has 0 aliphatic rings. The molecular weight excluding hydrogens is 564 g/mol. The predicted molar refractivity (Wildman–Crippen MR) is 128 cm³/mol. The summed E-state index contributed by atoms with van der Waals surface area (Å²) in [7, 11) is 0. The van der Waals surface area contributed by atoms with Crippen molar-refractivity contribution in [3.05, 3.63) is 98.1 Å². The maximum absolute atomic E-state index is 12.8. The highest BCUT2D eigenvalue weighted by Gasteiger charge is 2.30. The van der Waals surface area contributed by atoms with Crippen molar-refractivity contribution >= 4 is 40.7 Å². The van der Waals surface area contributed by atoms with Gasteiger partial charge < -0.3 is 9.84 Å². The predicted octanol–water partition coefficient (Wildman–Crippen LogP) is 5.28. The van der Waals surface area contributed by atoms with Gasteiger partial charge in [-0.15, -0.1) is 0 Å². The zero-order valence-corrected chi connectivity index (χ0v) is 19.6. The summed E-state index contributed by atoms with van der Waals surface area (Å²) in [5.41, 5.74) is 3.42. The summed E-state index contributed by atoms with van der Waals surface area (Å²) in [6.45, 7) is 0.259. The lowest BCUT2D eigenvalue weighted by Gasteiger charge is -2.09. The molecule has 0 atom stereocenters. The number of aromatic carboxylic acids is 1. The number of hydrogen-bond acceptors (Lipinski definition) is 4. The van der Waals surface area contributed by atoms with Crippen LogP contribution in [0.4, 0.5) is 13.2 Å². The summed E-state index contributed by atoms with van der Waals surface area (Å²) in [6, 6.07) is 16.2. The summed E-state index contributed by atoms with van der Waals surface area (Å²) in [5.74, 6) is -0.918. The van der Waals surface area contributed by atoms with E-state index in [1.807, 2.05) is 0 Å². The number of rotatable bonds is 8. The number of carboxylic acids is 1. The number of carbonyl (C=O) groups excluding carboxylic acids is 1. The number of carbonyl (C=O) groups is 2. The molecule has 176 valence electrons. The number of benzene rings is 3. The molecule has 1 amide bonds. The standard InChI is InChI=1S/C24H18F3IN2O4/c25-24(26,27)19-3-1-2-16(10-19)12-22(31)30-29-13-17-6-9-21(20(28)11-17)34-14-15-4-7-18(8-5-15)23(32)33/h1-11,13H,12,14H2,(H,30,31)(H,32,33)/b29-13+. The van der Waals surface area contributed by atoms with Crippen molar-refractivity contribution in [1.29, 1.82) is 0 Å². The van der Waals surface area contributed by atoms with Crippen LogP contribution in [0.3, 0.4) is 0 Å². The molecule has 0 heterocycles. The summed E-state index contributed by atoms with van der Waals surface area (Å²) in [4.78, 5) is 22.9. The van der Waals surface area contributed by atoms with Crippen molar-refractivity contribution in [1.82, 2.24) is 5.43 Å². The van der Waals surface area contributed by atoms with E-state index in [0.29, 0.717) is 11.3 Å². The van der Waals surface area contributed by atoms with Gasteiger partial charge in [0, 0.05) is 0 Å². The van der Waals surface area contributed by atoms with Crippen molar-refractivity contribution in [3.8, 4) is 5.75 Å². The van der Waals surface area contributed by atoms with E-state index >= 15 is 0 Å². The molecule has 10 heteroatoms. The van der Waals surface area contributed by atoms with Crippen LogP contribution in [0.1, 0.15) is 32.6 Å². The third-order valence-electron chi connectivity index (χ3n) is 4.57. The fourth-order valence-electron chi connectivity index (χ4n) is 2.88. The van der Waals surface area contributed by atoms with Gasteiger partial charge in [-0.25, -0.2) is 10.2 Å². The highest BCUT2D eigenvalue weighted by molar-refractivity contribution is 14.1. The molecule has 0 aliphatic heterocycles. The average molecular weight is 582 g/mol. The first-order valence-electron chi connectivity index (χ1n) is 9.84. The number of nitrogens with one attached hydrogen (secondary N) is 1. The summed E-state index contributed by atoms with van der Waals surface area (Å²) in [5, 5.41) is 12.8. The zero-order valence-electron chi connectivity index (χ0n) is 17.5.